The van der Waals surface area contributed by atoms with Crippen LogP contribution in [0.3, 0.4) is 0 Å². The monoisotopic (exact) mass is 351 g/mol. The summed E-state index contributed by atoms with van der Waals surface area (Å²) in [5.74, 6) is -1.75. The average Bonchev–Trinajstić information content (AvgIpc) is 3.03. The number of amides is 2. The van der Waals surface area contributed by atoms with E-state index in [1.807, 2.05) is 0 Å². The van der Waals surface area contributed by atoms with Gasteiger partial charge in [0.2, 0.25) is 11.8 Å². The summed E-state index contributed by atoms with van der Waals surface area (Å²) in [4.78, 5) is 25.8. The second-order valence-electron chi connectivity index (χ2n) is 6.35. The SMILES string of the molecule is C=C(/C=C(F)\C=C(/C)F)[C@@H]1CC=NN1C(=O)C1CCN(C(C)=O)CC1. The molecule has 136 valence electrons. The molecule has 0 aromatic rings. The average molecular weight is 351 g/mol. The minimum atomic E-state index is -0.751. The van der Waals surface area contributed by atoms with E-state index < -0.39 is 17.7 Å². The first-order chi connectivity index (χ1) is 11.8. The van der Waals surface area contributed by atoms with Gasteiger partial charge in [0, 0.05) is 44.6 Å². The molecule has 0 saturated carbocycles. The van der Waals surface area contributed by atoms with Crippen molar-refractivity contribution in [1.82, 2.24) is 9.91 Å². The van der Waals surface area contributed by atoms with E-state index >= 15 is 0 Å². The topological polar surface area (TPSA) is 53.0 Å². The summed E-state index contributed by atoms with van der Waals surface area (Å²) in [5.41, 5.74) is 0.363. The predicted octanol–water partition coefficient (Wildman–Crippen LogP) is 3.11. The number of carbonyl (C=O) groups excluding carboxylic acids is 2. The Morgan fingerprint density at radius 1 is 1.20 bits per heavy atom. The van der Waals surface area contributed by atoms with Gasteiger partial charge < -0.3 is 4.90 Å². The molecule has 0 N–H and O–H groups in total. The van der Waals surface area contributed by atoms with Crippen LogP contribution in [0.5, 0.6) is 0 Å². The maximum absolute atomic E-state index is 13.7. The zero-order valence-corrected chi connectivity index (χ0v) is 14.5. The Balaban J connectivity index is 2.02. The van der Waals surface area contributed by atoms with Crippen molar-refractivity contribution in [2.75, 3.05) is 13.1 Å². The van der Waals surface area contributed by atoms with Crippen LogP contribution in [-0.2, 0) is 9.59 Å². The van der Waals surface area contributed by atoms with Crippen LogP contribution in [-0.4, -0.2) is 47.1 Å². The molecule has 0 bridgehead atoms. The van der Waals surface area contributed by atoms with E-state index in [1.165, 1.54) is 11.9 Å². The lowest BCUT2D eigenvalue weighted by Gasteiger charge is -2.33. The van der Waals surface area contributed by atoms with Crippen LogP contribution in [0.1, 0.15) is 33.1 Å². The highest BCUT2D eigenvalue weighted by Gasteiger charge is 2.35. The summed E-state index contributed by atoms with van der Waals surface area (Å²) < 4.78 is 26.4. The molecule has 2 amide bonds. The van der Waals surface area contributed by atoms with Gasteiger partial charge in [-0.05, 0) is 31.4 Å². The fraction of sp³-hybridized carbons (Fsp3) is 0.500. The highest BCUT2D eigenvalue weighted by Crippen LogP contribution is 2.27. The zero-order chi connectivity index (χ0) is 18.6. The molecule has 1 saturated heterocycles. The summed E-state index contributed by atoms with van der Waals surface area (Å²) in [6.45, 7) is 7.56. The molecule has 0 aromatic heterocycles. The Hall–Kier alpha value is -2.31. The Bertz CT molecular complexity index is 643. The van der Waals surface area contributed by atoms with Crippen LogP contribution in [0.4, 0.5) is 8.78 Å². The van der Waals surface area contributed by atoms with Gasteiger partial charge in [0.1, 0.15) is 5.83 Å². The number of hydrazone groups is 1. The van der Waals surface area contributed by atoms with Gasteiger partial charge in [0.05, 0.1) is 11.9 Å². The molecule has 7 heteroatoms. The third-order valence-corrected chi connectivity index (χ3v) is 4.43. The second-order valence-corrected chi connectivity index (χ2v) is 6.35. The van der Waals surface area contributed by atoms with Crippen molar-refractivity contribution >= 4 is 18.0 Å². The number of nitrogens with zero attached hydrogens (tertiary/aromatic N) is 3. The molecule has 5 nitrogen and oxygen atoms in total. The van der Waals surface area contributed by atoms with Crippen LogP contribution in [0, 0.1) is 5.92 Å². The van der Waals surface area contributed by atoms with Gasteiger partial charge in [-0.25, -0.2) is 13.8 Å². The van der Waals surface area contributed by atoms with Crippen molar-refractivity contribution < 1.29 is 18.4 Å². The summed E-state index contributed by atoms with van der Waals surface area (Å²) in [6.07, 6.45) is 5.10. The molecule has 0 spiro atoms. The Kier molecular flexibility index (Phi) is 6.22. The lowest BCUT2D eigenvalue weighted by Crippen LogP contribution is -2.44. The molecule has 0 aliphatic carbocycles. The molecule has 2 heterocycles. The molecule has 1 fully saturated rings. The maximum atomic E-state index is 13.7. The molecule has 0 radical (unpaired) electrons. The van der Waals surface area contributed by atoms with Gasteiger partial charge in [0.15, 0.2) is 0 Å². The van der Waals surface area contributed by atoms with Crippen LogP contribution >= 0.6 is 0 Å². The van der Waals surface area contributed by atoms with Gasteiger partial charge >= 0.3 is 0 Å². The van der Waals surface area contributed by atoms with Crippen molar-refractivity contribution in [3.63, 3.8) is 0 Å². The fourth-order valence-electron chi connectivity index (χ4n) is 3.07. The summed E-state index contributed by atoms with van der Waals surface area (Å²) in [5, 5.41) is 5.45. The van der Waals surface area contributed by atoms with Gasteiger partial charge in [-0.1, -0.05) is 6.58 Å². The first kappa shape index (κ1) is 19.0. The van der Waals surface area contributed by atoms with Crippen LogP contribution in [0.15, 0.2) is 41.1 Å². The number of likely N-dealkylation sites (tertiary alicyclic amines) is 1. The Morgan fingerprint density at radius 2 is 1.84 bits per heavy atom. The van der Waals surface area contributed by atoms with Crippen molar-refractivity contribution in [3.8, 4) is 0 Å². The summed E-state index contributed by atoms with van der Waals surface area (Å²) in [7, 11) is 0. The largest absolute Gasteiger partial charge is 0.343 e. The summed E-state index contributed by atoms with van der Waals surface area (Å²) in [6, 6.07) is -0.461. The van der Waals surface area contributed by atoms with Gasteiger partial charge in [0.25, 0.3) is 0 Å². The first-order valence-electron chi connectivity index (χ1n) is 8.30. The third-order valence-electron chi connectivity index (χ3n) is 4.43. The van der Waals surface area contributed by atoms with E-state index in [-0.39, 0.29) is 17.7 Å². The van der Waals surface area contributed by atoms with E-state index in [0.717, 1.165) is 19.1 Å². The van der Waals surface area contributed by atoms with Crippen molar-refractivity contribution in [2.45, 2.75) is 39.2 Å². The van der Waals surface area contributed by atoms with Crippen molar-refractivity contribution in [1.29, 1.82) is 0 Å². The summed E-state index contributed by atoms with van der Waals surface area (Å²) >= 11 is 0. The highest BCUT2D eigenvalue weighted by molar-refractivity contribution is 5.83. The Labute approximate surface area is 146 Å². The molecule has 2 aliphatic rings. The maximum Gasteiger partial charge on any atom is 0.246 e. The minimum Gasteiger partial charge on any atom is -0.343 e. The van der Waals surface area contributed by atoms with Gasteiger partial charge in [-0.3, -0.25) is 9.59 Å². The normalized spacial score (nSPS) is 22.5. The van der Waals surface area contributed by atoms with Crippen molar-refractivity contribution in [2.24, 2.45) is 11.0 Å². The van der Waals surface area contributed by atoms with E-state index in [9.17, 15) is 18.4 Å². The van der Waals surface area contributed by atoms with E-state index in [2.05, 4.69) is 11.7 Å². The number of allylic oxidation sites excluding steroid dienone is 3. The van der Waals surface area contributed by atoms with Crippen LogP contribution in [0.25, 0.3) is 0 Å². The minimum absolute atomic E-state index is 0.00756. The number of halogens is 2. The molecular formula is C18H23F2N3O2. The number of hydrogen-bond acceptors (Lipinski definition) is 3. The Morgan fingerprint density at radius 3 is 2.40 bits per heavy atom. The molecule has 2 rings (SSSR count). The quantitative estimate of drug-likeness (QED) is 0.731. The number of hydrogen-bond donors (Lipinski definition) is 0. The lowest BCUT2D eigenvalue weighted by atomic mass is 9.94. The highest BCUT2D eigenvalue weighted by atomic mass is 19.1. The van der Waals surface area contributed by atoms with Crippen LogP contribution < -0.4 is 0 Å². The third kappa shape index (κ3) is 4.84. The van der Waals surface area contributed by atoms with E-state index in [1.54, 1.807) is 11.1 Å². The predicted molar refractivity (Wildman–Crippen MR) is 91.9 cm³/mol. The molecule has 2 aliphatic heterocycles. The zero-order valence-electron chi connectivity index (χ0n) is 14.5. The van der Waals surface area contributed by atoms with Crippen LogP contribution in [0.2, 0.25) is 0 Å². The number of rotatable bonds is 4. The lowest BCUT2D eigenvalue weighted by molar-refractivity contribution is -0.140. The second kappa shape index (κ2) is 8.18. The fourth-order valence-corrected chi connectivity index (χ4v) is 3.07. The van der Waals surface area contributed by atoms with Gasteiger partial charge in [-0.15, -0.1) is 0 Å². The first-order valence-corrected chi connectivity index (χ1v) is 8.30. The standard InChI is InChI=1S/C18H23F2N3O2/c1-12(10-16(20)11-13(2)19)17-4-7-21-23(17)18(25)15-5-8-22(9-6-15)14(3)24/h7,10-11,15,17H,1,4-6,8-9H2,2-3H3/b13-11+,16-10+/t17-/m0/s1. The molecular weight excluding hydrogens is 328 g/mol. The number of carbonyl (C=O) groups is 2. The van der Waals surface area contributed by atoms with E-state index in [0.29, 0.717) is 37.9 Å². The molecule has 25 heavy (non-hydrogen) atoms. The van der Waals surface area contributed by atoms with E-state index in [4.69, 9.17) is 0 Å². The number of piperidine rings is 1. The molecule has 0 unspecified atom stereocenters. The smallest absolute Gasteiger partial charge is 0.246 e. The molecule has 1 atom stereocenters. The van der Waals surface area contributed by atoms with Crippen molar-refractivity contribution in [3.05, 3.63) is 36.0 Å². The van der Waals surface area contributed by atoms with Gasteiger partial charge in [-0.2, -0.15) is 5.10 Å². The molecule has 0 aromatic carbocycles.